The zero-order chi connectivity index (χ0) is 19.2. The Bertz CT molecular complexity index is 770. The van der Waals surface area contributed by atoms with E-state index in [0.717, 1.165) is 43.4 Å². The first-order valence-electron chi connectivity index (χ1n) is 9.72. The zero-order valence-corrected chi connectivity index (χ0v) is 15.8. The SMILES string of the molecule is CC(=O)N1CCCc2ccc(NC(=O)C(=O)NCCC3=CCCCC3)cc21. The molecule has 1 aromatic carbocycles. The smallest absolute Gasteiger partial charge is 0.313 e. The van der Waals surface area contributed by atoms with Gasteiger partial charge in [-0.3, -0.25) is 14.4 Å². The largest absolute Gasteiger partial charge is 0.348 e. The minimum absolute atomic E-state index is 0.0193. The molecule has 0 radical (unpaired) electrons. The van der Waals surface area contributed by atoms with Crippen molar-refractivity contribution < 1.29 is 14.4 Å². The molecule has 3 amide bonds. The first-order valence-corrected chi connectivity index (χ1v) is 9.72. The van der Waals surface area contributed by atoms with Gasteiger partial charge in [0.1, 0.15) is 0 Å². The van der Waals surface area contributed by atoms with Gasteiger partial charge in [0.2, 0.25) is 5.91 Å². The Labute approximate surface area is 160 Å². The average molecular weight is 369 g/mol. The lowest BCUT2D eigenvalue weighted by Crippen LogP contribution is -2.36. The van der Waals surface area contributed by atoms with Crippen molar-refractivity contribution in [2.75, 3.05) is 23.3 Å². The molecule has 1 aliphatic carbocycles. The van der Waals surface area contributed by atoms with Crippen molar-refractivity contribution in [3.63, 3.8) is 0 Å². The number of hydrogen-bond acceptors (Lipinski definition) is 3. The van der Waals surface area contributed by atoms with E-state index in [1.54, 1.807) is 17.0 Å². The normalized spacial score (nSPS) is 16.2. The molecule has 1 aromatic rings. The summed E-state index contributed by atoms with van der Waals surface area (Å²) in [5.41, 5.74) is 3.79. The van der Waals surface area contributed by atoms with Crippen LogP contribution in [0.1, 0.15) is 51.0 Å². The van der Waals surface area contributed by atoms with E-state index in [1.165, 1.54) is 25.3 Å². The summed E-state index contributed by atoms with van der Waals surface area (Å²) in [7, 11) is 0. The second-order valence-corrected chi connectivity index (χ2v) is 7.19. The van der Waals surface area contributed by atoms with Crippen LogP contribution < -0.4 is 15.5 Å². The summed E-state index contributed by atoms with van der Waals surface area (Å²) in [6.45, 7) is 2.69. The molecule has 0 saturated carbocycles. The van der Waals surface area contributed by atoms with Crippen molar-refractivity contribution in [2.24, 2.45) is 0 Å². The number of benzene rings is 1. The average Bonchev–Trinajstić information content (AvgIpc) is 2.68. The second-order valence-electron chi connectivity index (χ2n) is 7.19. The fourth-order valence-corrected chi connectivity index (χ4v) is 3.72. The van der Waals surface area contributed by atoms with Crippen LogP contribution in [0.25, 0.3) is 0 Å². The molecular weight excluding hydrogens is 342 g/mol. The molecule has 1 heterocycles. The standard InChI is InChI=1S/C21H27N3O3/c1-15(25)24-13-5-8-17-9-10-18(14-19(17)24)23-21(27)20(26)22-12-11-16-6-3-2-4-7-16/h6,9-10,14H,2-5,7-8,11-13H2,1H3,(H,22,26)(H,23,27). The number of hydrogen-bond donors (Lipinski definition) is 2. The van der Waals surface area contributed by atoms with Crippen molar-refractivity contribution in [3.05, 3.63) is 35.4 Å². The van der Waals surface area contributed by atoms with Crippen LogP contribution in [0, 0.1) is 0 Å². The monoisotopic (exact) mass is 369 g/mol. The third-order valence-corrected chi connectivity index (χ3v) is 5.16. The van der Waals surface area contributed by atoms with E-state index >= 15 is 0 Å². The number of aryl methyl sites for hydroxylation is 1. The summed E-state index contributed by atoms with van der Waals surface area (Å²) in [6, 6.07) is 5.46. The van der Waals surface area contributed by atoms with Gasteiger partial charge in [-0.1, -0.05) is 17.7 Å². The summed E-state index contributed by atoms with van der Waals surface area (Å²) in [5.74, 6) is -1.33. The van der Waals surface area contributed by atoms with Gasteiger partial charge in [-0.05, 0) is 62.6 Å². The number of rotatable bonds is 4. The van der Waals surface area contributed by atoms with E-state index in [1.807, 2.05) is 6.07 Å². The van der Waals surface area contributed by atoms with Gasteiger partial charge in [-0.2, -0.15) is 0 Å². The lowest BCUT2D eigenvalue weighted by Gasteiger charge is -2.29. The number of carbonyl (C=O) groups is 3. The lowest BCUT2D eigenvalue weighted by atomic mass is 9.97. The fraction of sp³-hybridized carbons (Fsp3) is 0.476. The maximum absolute atomic E-state index is 12.2. The van der Waals surface area contributed by atoms with Crippen molar-refractivity contribution >= 4 is 29.1 Å². The molecular formula is C21H27N3O3. The molecule has 0 spiro atoms. The highest BCUT2D eigenvalue weighted by atomic mass is 16.2. The minimum atomic E-state index is -0.683. The number of nitrogens with one attached hydrogen (secondary N) is 2. The molecule has 0 unspecified atom stereocenters. The van der Waals surface area contributed by atoms with Gasteiger partial charge in [-0.25, -0.2) is 0 Å². The topological polar surface area (TPSA) is 78.5 Å². The maximum atomic E-state index is 12.2. The second kappa shape index (κ2) is 8.84. The number of anilines is 2. The van der Waals surface area contributed by atoms with E-state index in [-0.39, 0.29) is 5.91 Å². The molecule has 0 aromatic heterocycles. The Morgan fingerprint density at radius 3 is 2.67 bits per heavy atom. The highest BCUT2D eigenvalue weighted by molar-refractivity contribution is 6.39. The molecule has 1 aliphatic heterocycles. The number of nitrogens with zero attached hydrogens (tertiary/aromatic N) is 1. The molecule has 6 heteroatoms. The van der Waals surface area contributed by atoms with Gasteiger partial charge in [0.05, 0.1) is 0 Å². The molecule has 2 aliphatic rings. The van der Waals surface area contributed by atoms with Gasteiger partial charge in [0.25, 0.3) is 0 Å². The molecule has 0 bridgehead atoms. The van der Waals surface area contributed by atoms with E-state index in [0.29, 0.717) is 18.8 Å². The quantitative estimate of drug-likeness (QED) is 0.633. The molecule has 2 N–H and O–H groups in total. The van der Waals surface area contributed by atoms with Crippen molar-refractivity contribution in [2.45, 2.75) is 51.9 Å². The van der Waals surface area contributed by atoms with Gasteiger partial charge in [0, 0.05) is 31.4 Å². The third-order valence-electron chi connectivity index (χ3n) is 5.16. The van der Waals surface area contributed by atoms with E-state index in [2.05, 4.69) is 16.7 Å². The van der Waals surface area contributed by atoms with Crippen molar-refractivity contribution in [1.82, 2.24) is 5.32 Å². The number of allylic oxidation sites excluding steroid dienone is 1. The van der Waals surface area contributed by atoms with Gasteiger partial charge >= 0.3 is 11.8 Å². The maximum Gasteiger partial charge on any atom is 0.313 e. The van der Waals surface area contributed by atoms with Gasteiger partial charge in [0.15, 0.2) is 0 Å². The molecule has 0 fully saturated rings. The van der Waals surface area contributed by atoms with Crippen LogP contribution in [0.5, 0.6) is 0 Å². The van der Waals surface area contributed by atoms with E-state index < -0.39 is 11.8 Å². The Kier molecular flexibility index (Phi) is 6.27. The highest BCUT2D eigenvalue weighted by Crippen LogP contribution is 2.30. The molecule has 6 nitrogen and oxygen atoms in total. The molecule has 3 rings (SSSR count). The van der Waals surface area contributed by atoms with Gasteiger partial charge < -0.3 is 15.5 Å². The Morgan fingerprint density at radius 1 is 1.07 bits per heavy atom. The highest BCUT2D eigenvalue weighted by Gasteiger charge is 2.21. The lowest BCUT2D eigenvalue weighted by molar-refractivity contribution is -0.136. The Balaban J connectivity index is 1.55. The first-order chi connectivity index (χ1) is 13.0. The number of fused-ring (bicyclic) bond motifs is 1. The number of carbonyl (C=O) groups excluding carboxylic acids is 3. The summed E-state index contributed by atoms with van der Waals surface area (Å²) in [4.78, 5) is 37.7. The van der Waals surface area contributed by atoms with Crippen LogP contribution >= 0.6 is 0 Å². The Hall–Kier alpha value is -2.63. The first kappa shape index (κ1) is 19.1. The number of amides is 3. The third kappa shape index (κ3) is 4.96. The van der Waals surface area contributed by atoms with Crippen LogP contribution in [0.2, 0.25) is 0 Å². The summed E-state index contributed by atoms with van der Waals surface area (Å²) in [5, 5.41) is 5.32. The zero-order valence-electron chi connectivity index (χ0n) is 15.8. The Morgan fingerprint density at radius 2 is 1.93 bits per heavy atom. The molecule has 27 heavy (non-hydrogen) atoms. The predicted octanol–water partition coefficient (Wildman–Crippen LogP) is 2.93. The van der Waals surface area contributed by atoms with Crippen LogP contribution in [0.3, 0.4) is 0 Å². The van der Waals surface area contributed by atoms with Crippen LogP contribution in [0.15, 0.2) is 29.8 Å². The summed E-state index contributed by atoms with van der Waals surface area (Å²) in [6.07, 6.45) is 9.51. The minimum Gasteiger partial charge on any atom is -0.348 e. The van der Waals surface area contributed by atoms with E-state index in [9.17, 15) is 14.4 Å². The molecule has 144 valence electrons. The summed E-state index contributed by atoms with van der Waals surface area (Å²) >= 11 is 0. The van der Waals surface area contributed by atoms with Crippen molar-refractivity contribution in [1.29, 1.82) is 0 Å². The molecule has 0 saturated heterocycles. The van der Waals surface area contributed by atoms with Crippen LogP contribution in [0.4, 0.5) is 11.4 Å². The van der Waals surface area contributed by atoms with Crippen molar-refractivity contribution in [3.8, 4) is 0 Å². The predicted molar refractivity (Wildman–Crippen MR) is 106 cm³/mol. The van der Waals surface area contributed by atoms with E-state index in [4.69, 9.17) is 0 Å². The fourth-order valence-electron chi connectivity index (χ4n) is 3.72. The molecule has 0 atom stereocenters. The van der Waals surface area contributed by atoms with Gasteiger partial charge in [-0.15, -0.1) is 0 Å². The van der Waals surface area contributed by atoms with Crippen LogP contribution in [-0.4, -0.2) is 30.8 Å². The van der Waals surface area contributed by atoms with Crippen LogP contribution in [-0.2, 0) is 20.8 Å². The summed E-state index contributed by atoms with van der Waals surface area (Å²) < 4.78 is 0.